The Balaban J connectivity index is 1.49. The summed E-state index contributed by atoms with van der Waals surface area (Å²) < 4.78 is 18.0. The molecule has 5 rings (SSSR count). The van der Waals surface area contributed by atoms with Crippen molar-refractivity contribution < 1.29 is 24.1 Å². The van der Waals surface area contributed by atoms with Crippen LogP contribution in [-0.2, 0) is 17.9 Å². The number of phenolic OH excluding ortho intramolecular Hbond substituents is 1. The van der Waals surface area contributed by atoms with E-state index in [4.69, 9.17) is 14.2 Å². The summed E-state index contributed by atoms with van der Waals surface area (Å²) in [5.41, 5.74) is 2.81. The molecule has 0 bridgehead atoms. The fraction of sp³-hybridized carbons (Fsp3) is 0.375. The summed E-state index contributed by atoms with van der Waals surface area (Å²) >= 11 is 3.51. The first-order valence-electron chi connectivity index (χ1n) is 10.5. The number of hydrogen-bond acceptors (Lipinski definition) is 6. The highest BCUT2D eigenvalue weighted by molar-refractivity contribution is 9.10. The number of fused-ring (bicyclic) bond motifs is 2. The van der Waals surface area contributed by atoms with E-state index in [9.17, 15) is 9.90 Å². The van der Waals surface area contributed by atoms with Gasteiger partial charge in [-0.3, -0.25) is 9.69 Å². The molecule has 3 heterocycles. The summed E-state index contributed by atoms with van der Waals surface area (Å²) in [5.74, 6) is 1.97. The number of likely N-dealkylation sites (tertiary alicyclic amines) is 1. The summed E-state index contributed by atoms with van der Waals surface area (Å²) in [4.78, 5) is 15.4. The lowest BCUT2D eigenvalue weighted by atomic mass is 9.99. The third-order valence-corrected chi connectivity index (χ3v) is 6.49. The van der Waals surface area contributed by atoms with Crippen LogP contribution in [0.5, 0.6) is 17.2 Å². The number of benzene rings is 2. The SMILES string of the molecule is C[C@@H]1CCCN(Cc2c(O)ccc3c2OC(=Cc2cc(Br)cc4c2OCOC4)C3=O)C1. The van der Waals surface area contributed by atoms with Crippen LogP contribution in [0.1, 0.15) is 46.8 Å². The number of halogens is 1. The summed E-state index contributed by atoms with van der Waals surface area (Å²) in [5, 5.41) is 10.6. The van der Waals surface area contributed by atoms with Crippen LogP contribution in [0, 0.1) is 5.92 Å². The Morgan fingerprint density at radius 2 is 2.16 bits per heavy atom. The zero-order chi connectivity index (χ0) is 21.5. The van der Waals surface area contributed by atoms with Gasteiger partial charge in [0.2, 0.25) is 5.78 Å². The Hall–Kier alpha value is -2.35. The lowest BCUT2D eigenvalue weighted by Crippen LogP contribution is -2.33. The predicted octanol–water partition coefficient (Wildman–Crippen LogP) is 4.87. The van der Waals surface area contributed by atoms with Gasteiger partial charge in [-0.05, 0) is 55.6 Å². The maximum Gasteiger partial charge on any atom is 0.231 e. The molecule has 0 amide bonds. The molecule has 6 nitrogen and oxygen atoms in total. The van der Waals surface area contributed by atoms with E-state index in [0.717, 1.165) is 35.1 Å². The van der Waals surface area contributed by atoms with Crippen LogP contribution < -0.4 is 9.47 Å². The largest absolute Gasteiger partial charge is 0.507 e. The highest BCUT2D eigenvalue weighted by Crippen LogP contribution is 2.41. The number of carbonyl (C=O) groups is 1. The molecule has 7 heteroatoms. The van der Waals surface area contributed by atoms with Crippen molar-refractivity contribution >= 4 is 27.8 Å². The van der Waals surface area contributed by atoms with Gasteiger partial charge in [0.05, 0.1) is 17.7 Å². The number of phenols is 1. The van der Waals surface area contributed by atoms with E-state index in [0.29, 0.717) is 41.7 Å². The van der Waals surface area contributed by atoms with E-state index >= 15 is 0 Å². The maximum atomic E-state index is 13.1. The second-order valence-electron chi connectivity index (χ2n) is 8.46. The monoisotopic (exact) mass is 485 g/mol. The average molecular weight is 486 g/mol. The highest BCUT2D eigenvalue weighted by atomic mass is 79.9. The van der Waals surface area contributed by atoms with E-state index in [-0.39, 0.29) is 24.1 Å². The fourth-order valence-electron chi connectivity index (χ4n) is 4.56. The Kier molecular flexibility index (Phi) is 5.50. The molecule has 0 aromatic heterocycles. The molecule has 3 aliphatic heterocycles. The van der Waals surface area contributed by atoms with Crippen LogP contribution in [0.3, 0.4) is 0 Å². The number of allylic oxidation sites excluding steroid dienone is 1. The van der Waals surface area contributed by atoms with Crippen molar-refractivity contribution in [3.05, 3.63) is 56.8 Å². The minimum atomic E-state index is -0.191. The van der Waals surface area contributed by atoms with Crippen molar-refractivity contribution in [3.63, 3.8) is 0 Å². The Morgan fingerprint density at radius 3 is 3.00 bits per heavy atom. The minimum Gasteiger partial charge on any atom is -0.507 e. The summed E-state index contributed by atoms with van der Waals surface area (Å²) in [7, 11) is 0. The first-order valence-corrected chi connectivity index (χ1v) is 11.3. The van der Waals surface area contributed by atoms with Gasteiger partial charge in [-0.1, -0.05) is 22.9 Å². The van der Waals surface area contributed by atoms with Crippen molar-refractivity contribution in [2.45, 2.75) is 32.9 Å². The smallest absolute Gasteiger partial charge is 0.231 e. The predicted molar refractivity (Wildman–Crippen MR) is 119 cm³/mol. The van der Waals surface area contributed by atoms with Gasteiger partial charge in [0.15, 0.2) is 12.6 Å². The molecule has 0 spiro atoms. The number of aromatic hydroxyl groups is 1. The molecule has 0 saturated carbocycles. The molecule has 1 saturated heterocycles. The number of carbonyl (C=O) groups excluding carboxylic acids is 1. The van der Waals surface area contributed by atoms with Crippen LogP contribution in [0.15, 0.2) is 34.5 Å². The van der Waals surface area contributed by atoms with Gasteiger partial charge in [-0.15, -0.1) is 0 Å². The minimum absolute atomic E-state index is 0.159. The molecule has 1 N–H and O–H groups in total. The number of hydrogen-bond donors (Lipinski definition) is 1. The van der Waals surface area contributed by atoms with Gasteiger partial charge in [0, 0.05) is 28.7 Å². The number of Topliss-reactive ketones (excluding diaryl/α,β-unsaturated/α-hetero) is 1. The molecule has 31 heavy (non-hydrogen) atoms. The number of ether oxygens (including phenoxy) is 3. The summed E-state index contributed by atoms with van der Waals surface area (Å²) in [6.07, 6.45) is 4.07. The van der Waals surface area contributed by atoms with E-state index in [1.807, 2.05) is 12.1 Å². The van der Waals surface area contributed by atoms with Crippen molar-refractivity contribution in [2.75, 3.05) is 19.9 Å². The van der Waals surface area contributed by atoms with Crippen molar-refractivity contribution in [2.24, 2.45) is 5.92 Å². The van der Waals surface area contributed by atoms with Crippen LogP contribution >= 0.6 is 15.9 Å². The third-order valence-electron chi connectivity index (χ3n) is 6.03. The molecule has 2 aromatic carbocycles. The molecular formula is C24H24BrNO5. The lowest BCUT2D eigenvalue weighted by molar-refractivity contribution is -0.0165. The van der Waals surface area contributed by atoms with Crippen LogP contribution in [0.2, 0.25) is 0 Å². The Labute approximate surface area is 189 Å². The first-order chi connectivity index (χ1) is 15.0. The topological polar surface area (TPSA) is 68.2 Å². The zero-order valence-electron chi connectivity index (χ0n) is 17.3. The van der Waals surface area contributed by atoms with Crippen LogP contribution in [0.4, 0.5) is 0 Å². The first kappa shape index (κ1) is 20.5. The van der Waals surface area contributed by atoms with Gasteiger partial charge < -0.3 is 19.3 Å². The normalized spacial score (nSPS) is 22.1. The average Bonchev–Trinajstić information content (AvgIpc) is 3.06. The highest BCUT2D eigenvalue weighted by Gasteiger charge is 2.32. The van der Waals surface area contributed by atoms with E-state index < -0.39 is 0 Å². The third kappa shape index (κ3) is 3.97. The molecule has 2 aromatic rings. The molecule has 162 valence electrons. The zero-order valence-corrected chi connectivity index (χ0v) is 18.9. The van der Waals surface area contributed by atoms with Crippen molar-refractivity contribution in [1.82, 2.24) is 4.90 Å². The Bertz CT molecular complexity index is 1080. The molecule has 0 aliphatic carbocycles. The summed E-state index contributed by atoms with van der Waals surface area (Å²) in [6.45, 7) is 5.39. The quantitative estimate of drug-likeness (QED) is 0.625. The number of ketones is 1. The number of nitrogens with zero attached hydrogens (tertiary/aromatic N) is 1. The van der Waals surface area contributed by atoms with E-state index in [1.54, 1.807) is 18.2 Å². The molecule has 1 fully saturated rings. The van der Waals surface area contributed by atoms with Crippen LogP contribution in [-0.4, -0.2) is 35.7 Å². The molecule has 1 atom stereocenters. The van der Waals surface area contributed by atoms with E-state index in [2.05, 4.69) is 27.8 Å². The number of piperidine rings is 1. The lowest BCUT2D eigenvalue weighted by Gasteiger charge is -2.31. The van der Waals surface area contributed by atoms with Crippen molar-refractivity contribution in [1.29, 1.82) is 0 Å². The van der Waals surface area contributed by atoms with Gasteiger partial charge in [-0.25, -0.2) is 0 Å². The molecule has 0 radical (unpaired) electrons. The second kappa shape index (κ2) is 8.30. The maximum absolute atomic E-state index is 13.1. The van der Waals surface area contributed by atoms with Gasteiger partial charge >= 0.3 is 0 Å². The second-order valence-corrected chi connectivity index (χ2v) is 9.37. The van der Waals surface area contributed by atoms with Gasteiger partial charge in [-0.2, -0.15) is 0 Å². The fourth-order valence-corrected chi connectivity index (χ4v) is 5.08. The molecule has 0 unspecified atom stereocenters. The van der Waals surface area contributed by atoms with Gasteiger partial charge in [0.1, 0.15) is 17.2 Å². The number of rotatable bonds is 3. The molecular weight excluding hydrogens is 462 g/mol. The van der Waals surface area contributed by atoms with Crippen LogP contribution in [0.25, 0.3) is 6.08 Å². The van der Waals surface area contributed by atoms with E-state index in [1.165, 1.54) is 6.42 Å². The summed E-state index contributed by atoms with van der Waals surface area (Å²) in [6, 6.07) is 7.06. The Morgan fingerprint density at radius 1 is 1.29 bits per heavy atom. The molecule has 3 aliphatic rings. The van der Waals surface area contributed by atoms with Crippen molar-refractivity contribution in [3.8, 4) is 17.2 Å². The van der Waals surface area contributed by atoms with Gasteiger partial charge in [0.25, 0.3) is 0 Å². The standard InChI is InChI=1S/C24H24BrNO5/c1-14-3-2-6-26(10-14)11-19-20(27)5-4-18-22(28)21(31-24(18)19)9-15-7-17(25)8-16-12-29-13-30-23(15)16/h4-5,7-9,14,27H,2-3,6,10-13H2,1H3/t14-/m1/s1.